The van der Waals surface area contributed by atoms with Crippen LogP contribution in [0, 0.1) is 0 Å². The van der Waals surface area contributed by atoms with Crippen LogP contribution in [0.4, 0.5) is 22.0 Å². The van der Waals surface area contributed by atoms with Crippen LogP contribution in [0.1, 0.15) is 10.4 Å². The minimum Gasteiger partial charge on any atom is -0.452 e. The minimum atomic E-state index is -3.81. The minimum absolute atomic E-state index is 0.0459. The van der Waals surface area contributed by atoms with Gasteiger partial charge in [-0.25, -0.2) is 17.6 Å². The number of alkyl halides is 5. The summed E-state index contributed by atoms with van der Waals surface area (Å²) in [6.45, 7) is -6.28. The highest BCUT2D eigenvalue weighted by Crippen LogP contribution is 2.35. The molecule has 1 aromatic rings. The third kappa shape index (κ3) is 3.00. The molecule has 0 aliphatic carbocycles. The van der Waals surface area contributed by atoms with Gasteiger partial charge in [0.25, 0.3) is 0 Å². The van der Waals surface area contributed by atoms with Crippen molar-refractivity contribution in [2.75, 3.05) is 20.0 Å². The van der Waals surface area contributed by atoms with E-state index in [1.807, 2.05) is 0 Å². The third-order valence-corrected chi connectivity index (χ3v) is 2.68. The molecular weight excluding hydrogens is 285 g/mol. The molecule has 0 heterocycles. The Morgan fingerprint density at radius 2 is 1.55 bits per heavy atom. The van der Waals surface area contributed by atoms with Gasteiger partial charge in [-0.3, -0.25) is 4.79 Å². The highest BCUT2D eigenvalue weighted by molar-refractivity contribution is 5.92. The highest BCUT2D eigenvalue weighted by Gasteiger charge is 2.57. The van der Waals surface area contributed by atoms with Crippen molar-refractivity contribution >= 4 is 5.91 Å². The fourth-order valence-corrected chi connectivity index (χ4v) is 1.35. The number of rotatable bonds is 7. The van der Waals surface area contributed by atoms with Gasteiger partial charge in [0.15, 0.2) is 6.67 Å². The number of hydrogen-bond donors (Lipinski definition) is 1. The summed E-state index contributed by atoms with van der Waals surface area (Å²) in [4.78, 5) is 10.8. The first kappa shape index (κ1) is 16.2. The normalized spacial score (nSPS) is 14.7. The molecule has 1 aromatic carbocycles. The van der Waals surface area contributed by atoms with Gasteiger partial charge >= 0.3 is 5.85 Å². The van der Waals surface area contributed by atoms with E-state index >= 15 is 0 Å². The number of halogens is 5. The Kier molecular flexibility index (Phi) is 4.91. The zero-order chi connectivity index (χ0) is 15.4. The van der Waals surface area contributed by atoms with Crippen molar-refractivity contribution < 1.29 is 31.5 Å². The van der Waals surface area contributed by atoms with Gasteiger partial charge in [0, 0.05) is 5.56 Å². The number of nitrogens with two attached hydrogens (primary N) is 1. The van der Waals surface area contributed by atoms with Crippen molar-refractivity contribution in [2.45, 2.75) is 11.5 Å². The molecule has 1 amide bonds. The molecule has 112 valence electrons. The first-order valence-electron chi connectivity index (χ1n) is 5.46. The lowest BCUT2D eigenvalue weighted by Gasteiger charge is -2.33. The van der Waals surface area contributed by atoms with Crippen molar-refractivity contribution in [1.29, 1.82) is 0 Å². The summed E-state index contributed by atoms with van der Waals surface area (Å²) in [7, 11) is 0. The fraction of sp³-hybridized carbons (Fsp3) is 0.417. The third-order valence-electron chi connectivity index (χ3n) is 2.68. The number of hydrogen-bond acceptors (Lipinski definition) is 2. The van der Waals surface area contributed by atoms with Gasteiger partial charge in [0.2, 0.25) is 11.6 Å². The number of carbonyl (C=O) groups excluding carboxylic acids is 1. The van der Waals surface area contributed by atoms with Crippen LogP contribution in [-0.2, 0) is 0 Å². The van der Waals surface area contributed by atoms with E-state index in [1.165, 1.54) is 0 Å². The van der Waals surface area contributed by atoms with Gasteiger partial charge in [-0.2, -0.15) is 4.39 Å². The average Bonchev–Trinajstić information content (AvgIpc) is 2.46. The first-order valence-corrected chi connectivity index (χ1v) is 5.46. The Morgan fingerprint density at radius 3 is 1.90 bits per heavy atom. The maximum Gasteiger partial charge on any atom is 0.315 e. The lowest BCUT2D eigenvalue weighted by Crippen LogP contribution is -2.56. The molecule has 0 fully saturated rings. The number of amides is 1. The number of carbonyl (C=O) groups is 1. The summed E-state index contributed by atoms with van der Waals surface area (Å²) in [5.74, 6) is -5.00. The molecule has 1 unspecified atom stereocenters. The van der Waals surface area contributed by atoms with Crippen LogP contribution >= 0.6 is 0 Å². The molecule has 0 aromatic heterocycles. The second-order valence-electron chi connectivity index (χ2n) is 4.09. The number of primary amides is 1. The molecular formula is C12H12F5NO2. The summed E-state index contributed by atoms with van der Waals surface area (Å²) in [6.07, 6.45) is 0. The molecule has 1 rings (SSSR count). The lowest BCUT2D eigenvalue weighted by atomic mass is 10.00. The van der Waals surface area contributed by atoms with E-state index in [2.05, 4.69) is 4.74 Å². The molecule has 3 nitrogen and oxygen atoms in total. The van der Waals surface area contributed by atoms with E-state index in [-0.39, 0.29) is 5.56 Å². The standard InChI is InChI=1S/C12H12F5NO2/c13-5-11(16,6-14)12(17,7-15)20-9-3-1-8(2-4-9)10(18)19/h1-4H,5-7H2,(H2,18,19). The summed E-state index contributed by atoms with van der Waals surface area (Å²) >= 11 is 0. The molecule has 0 saturated heterocycles. The van der Waals surface area contributed by atoms with E-state index in [9.17, 15) is 26.7 Å². The van der Waals surface area contributed by atoms with Crippen LogP contribution in [0.15, 0.2) is 24.3 Å². The average molecular weight is 297 g/mol. The smallest absolute Gasteiger partial charge is 0.315 e. The number of benzene rings is 1. The summed E-state index contributed by atoms with van der Waals surface area (Å²) in [5, 5.41) is 0. The number of ether oxygens (including phenoxy) is 1. The molecule has 1 atom stereocenters. The topological polar surface area (TPSA) is 52.3 Å². The summed E-state index contributed by atoms with van der Waals surface area (Å²) < 4.78 is 69.5. The zero-order valence-electron chi connectivity index (χ0n) is 10.2. The predicted octanol–water partition coefficient (Wildman–Crippen LogP) is 2.45. The predicted molar refractivity (Wildman–Crippen MR) is 61.2 cm³/mol. The van der Waals surface area contributed by atoms with Gasteiger partial charge < -0.3 is 10.5 Å². The van der Waals surface area contributed by atoms with Crippen molar-refractivity contribution in [3.05, 3.63) is 29.8 Å². The Bertz CT molecular complexity index is 463. The monoisotopic (exact) mass is 297 g/mol. The fourth-order valence-electron chi connectivity index (χ4n) is 1.35. The maximum atomic E-state index is 14.0. The molecule has 0 saturated carbocycles. The SMILES string of the molecule is NC(=O)c1ccc(OC(F)(CF)C(F)(CF)CF)cc1. The van der Waals surface area contributed by atoms with Gasteiger partial charge in [-0.05, 0) is 24.3 Å². The molecule has 0 aliphatic rings. The Morgan fingerprint density at radius 1 is 1.05 bits per heavy atom. The molecule has 20 heavy (non-hydrogen) atoms. The van der Waals surface area contributed by atoms with Crippen LogP contribution in [0.25, 0.3) is 0 Å². The Balaban J connectivity index is 3.01. The molecule has 0 radical (unpaired) electrons. The van der Waals surface area contributed by atoms with Crippen LogP contribution in [-0.4, -0.2) is 37.5 Å². The van der Waals surface area contributed by atoms with Crippen LogP contribution in [0.5, 0.6) is 5.75 Å². The largest absolute Gasteiger partial charge is 0.452 e. The van der Waals surface area contributed by atoms with Gasteiger partial charge in [0.1, 0.15) is 19.1 Å². The van der Waals surface area contributed by atoms with E-state index in [0.29, 0.717) is 0 Å². The molecule has 2 N–H and O–H groups in total. The zero-order valence-corrected chi connectivity index (χ0v) is 10.2. The molecule has 0 aliphatic heterocycles. The van der Waals surface area contributed by atoms with E-state index < -0.39 is 43.2 Å². The van der Waals surface area contributed by atoms with Crippen LogP contribution < -0.4 is 10.5 Å². The van der Waals surface area contributed by atoms with Gasteiger partial charge in [-0.15, -0.1) is 0 Å². The van der Waals surface area contributed by atoms with Gasteiger partial charge in [0.05, 0.1) is 0 Å². The molecule has 0 bridgehead atoms. The lowest BCUT2D eigenvalue weighted by molar-refractivity contribution is -0.197. The summed E-state index contributed by atoms with van der Waals surface area (Å²) in [5.41, 5.74) is 1.24. The molecule has 0 spiro atoms. The van der Waals surface area contributed by atoms with Crippen molar-refractivity contribution in [1.82, 2.24) is 0 Å². The van der Waals surface area contributed by atoms with Gasteiger partial charge in [-0.1, -0.05) is 0 Å². The summed E-state index contributed by atoms with van der Waals surface area (Å²) in [6, 6.07) is 4.23. The quantitative estimate of drug-likeness (QED) is 0.786. The second kappa shape index (κ2) is 6.06. The Hall–Kier alpha value is -1.86. The van der Waals surface area contributed by atoms with E-state index in [4.69, 9.17) is 5.73 Å². The molecule has 8 heteroatoms. The van der Waals surface area contributed by atoms with Crippen LogP contribution in [0.3, 0.4) is 0 Å². The van der Waals surface area contributed by atoms with E-state index in [1.54, 1.807) is 0 Å². The van der Waals surface area contributed by atoms with Crippen molar-refractivity contribution in [3.63, 3.8) is 0 Å². The Labute approximate surface area is 111 Å². The van der Waals surface area contributed by atoms with Crippen molar-refractivity contribution in [2.24, 2.45) is 5.73 Å². The maximum absolute atomic E-state index is 14.0. The van der Waals surface area contributed by atoms with Crippen molar-refractivity contribution in [3.8, 4) is 5.75 Å². The van der Waals surface area contributed by atoms with E-state index in [0.717, 1.165) is 24.3 Å². The second-order valence-corrected chi connectivity index (χ2v) is 4.09. The first-order chi connectivity index (χ1) is 9.31. The van der Waals surface area contributed by atoms with Crippen LogP contribution in [0.2, 0.25) is 0 Å². The highest BCUT2D eigenvalue weighted by atomic mass is 19.2.